The Labute approximate surface area is 345 Å². The summed E-state index contributed by atoms with van der Waals surface area (Å²) in [6.45, 7) is 4.40. The fraction of sp³-hybridized carbons (Fsp3) is 0.870. The molecular formula is C46H89NO8P+. The summed E-state index contributed by atoms with van der Waals surface area (Å²) in [7, 11) is 1.48. The number of hydrogen-bond acceptors (Lipinski definition) is 7. The summed E-state index contributed by atoms with van der Waals surface area (Å²) in [4.78, 5) is 35.4. The fourth-order valence-electron chi connectivity index (χ4n) is 6.34. The summed E-state index contributed by atoms with van der Waals surface area (Å²) < 4.78 is 34.3. The van der Waals surface area contributed by atoms with E-state index in [0.717, 1.165) is 57.8 Å². The Morgan fingerprint density at radius 3 is 1.45 bits per heavy atom. The van der Waals surface area contributed by atoms with E-state index in [1.54, 1.807) is 0 Å². The lowest BCUT2D eigenvalue weighted by Crippen LogP contribution is -2.37. The van der Waals surface area contributed by atoms with Gasteiger partial charge in [-0.3, -0.25) is 18.6 Å². The van der Waals surface area contributed by atoms with E-state index >= 15 is 0 Å². The van der Waals surface area contributed by atoms with Crippen LogP contribution >= 0.6 is 7.82 Å². The molecular weight excluding hydrogens is 725 g/mol. The van der Waals surface area contributed by atoms with Crippen LogP contribution in [-0.2, 0) is 32.7 Å². The molecule has 0 aromatic rings. The van der Waals surface area contributed by atoms with Gasteiger partial charge in [0.2, 0.25) is 0 Å². The van der Waals surface area contributed by atoms with Gasteiger partial charge in [-0.05, 0) is 44.9 Å². The van der Waals surface area contributed by atoms with Crippen molar-refractivity contribution in [2.45, 2.75) is 213 Å². The number of phosphoric acid groups is 1. The van der Waals surface area contributed by atoms with Gasteiger partial charge in [-0.2, -0.15) is 0 Å². The molecule has 0 saturated heterocycles. The zero-order valence-electron chi connectivity index (χ0n) is 37.1. The number of unbranched alkanes of at least 4 members (excludes halogenated alkanes) is 24. The molecule has 330 valence electrons. The van der Waals surface area contributed by atoms with Gasteiger partial charge in [0, 0.05) is 12.8 Å². The average molecular weight is 815 g/mol. The van der Waals surface area contributed by atoms with Crippen LogP contribution in [0.15, 0.2) is 24.3 Å². The first-order valence-corrected chi connectivity index (χ1v) is 24.6. The lowest BCUT2D eigenvalue weighted by atomic mass is 10.0. The number of carbonyl (C=O) groups excluding carboxylic acids is 2. The molecule has 0 radical (unpaired) electrons. The third kappa shape index (κ3) is 42.1. The van der Waals surface area contributed by atoms with Gasteiger partial charge in [0.25, 0.3) is 0 Å². The van der Waals surface area contributed by atoms with Gasteiger partial charge in [-0.15, -0.1) is 0 Å². The Balaban J connectivity index is 4.33. The standard InChI is InChI=1S/C46H88NO8P/c1-6-8-10-12-14-16-18-20-22-23-25-27-29-31-33-35-37-39-46(49)55-44(43-54-56(50,51)53-41-40-47(3,4)5)42-52-45(48)38-36-34-32-30-28-26-24-21-19-17-15-13-11-9-7-2/h15,17,21,24,44H,6-14,16,18-20,22-23,25-43H2,1-5H3/p+1/b17-15+,24-21+/t44-/m1/s1. The molecule has 0 saturated carbocycles. The average Bonchev–Trinajstić information content (AvgIpc) is 3.15. The monoisotopic (exact) mass is 815 g/mol. The molecule has 56 heavy (non-hydrogen) atoms. The quantitative estimate of drug-likeness (QED) is 0.0213. The van der Waals surface area contributed by atoms with E-state index in [0.29, 0.717) is 17.4 Å². The molecule has 0 aromatic carbocycles. The summed E-state index contributed by atoms with van der Waals surface area (Å²) in [5, 5.41) is 0. The number of allylic oxidation sites excluding steroid dienone is 4. The second-order valence-corrected chi connectivity index (χ2v) is 18.2. The second kappa shape index (κ2) is 39.0. The Morgan fingerprint density at radius 2 is 0.964 bits per heavy atom. The highest BCUT2D eigenvalue weighted by molar-refractivity contribution is 7.47. The normalized spacial score (nSPS) is 13.8. The SMILES string of the molecule is CCCCC/C=C/C/C=C/CCCCCCCC(=O)OC[C@H](COP(=O)(O)OCC[N+](C)(C)C)OC(=O)CCCCCCCCCCCCCCCCCCC. The number of nitrogens with zero attached hydrogens (tertiary/aromatic N) is 1. The van der Waals surface area contributed by atoms with Crippen LogP contribution in [0.25, 0.3) is 0 Å². The molecule has 1 N–H and O–H groups in total. The van der Waals surface area contributed by atoms with E-state index in [1.807, 2.05) is 21.1 Å². The molecule has 0 rings (SSSR count). The van der Waals surface area contributed by atoms with Crippen molar-refractivity contribution in [3.8, 4) is 0 Å². The molecule has 9 nitrogen and oxygen atoms in total. The zero-order valence-corrected chi connectivity index (χ0v) is 38.0. The van der Waals surface area contributed by atoms with E-state index in [2.05, 4.69) is 38.2 Å². The van der Waals surface area contributed by atoms with E-state index < -0.39 is 26.5 Å². The van der Waals surface area contributed by atoms with Crippen molar-refractivity contribution in [1.29, 1.82) is 0 Å². The van der Waals surface area contributed by atoms with Crippen molar-refractivity contribution in [3.63, 3.8) is 0 Å². The summed E-state index contributed by atoms with van der Waals surface area (Å²) in [6.07, 6.45) is 42.2. The van der Waals surface area contributed by atoms with Crippen LogP contribution in [0.1, 0.15) is 206 Å². The minimum atomic E-state index is -4.37. The van der Waals surface area contributed by atoms with Crippen molar-refractivity contribution >= 4 is 19.8 Å². The highest BCUT2D eigenvalue weighted by Crippen LogP contribution is 2.43. The van der Waals surface area contributed by atoms with Gasteiger partial charge in [0.15, 0.2) is 6.10 Å². The van der Waals surface area contributed by atoms with Crippen LogP contribution in [0, 0.1) is 0 Å². The first kappa shape index (κ1) is 54.5. The van der Waals surface area contributed by atoms with Crippen molar-refractivity contribution in [3.05, 3.63) is 24.3 Å². The van der Waals surface area contributed by atoms with Crippen LogP contribution in [0.3, 0.4) is 0 Å². The topological polar surface area (TPSA) is 108 Å². The van der Waals surface area contributed by atoms with Gasteiger partial charge in [-0.1, -0.05) is 173 Å². The van der Waals surface area contributed by atoms with Gasteiger partial charge in [0.05, 0.1) is 27.7 Å². The van der Waals surface area contributed by atoms with Crippen molar-refractivity contribution in [2.24, 2.45) is 0 Å². The first-order chi connectivity index (χ1) is 27.0. The van der Waals surface area contributed by atoms with Crippen LogP contribution in [0.4, 0.5) is 0 Å². The number of quaternary nitrogens is 1. The number of likely N-dealkylation sites (N-methyl/N-ethyl adjacent to an activating group) is 1. The molecule has 0 aliphatic rings. The number of hydrogen-bond donors (Lipinski definition) is 1. The Kier molecular flexibility index (Phi) is 37.9. The lowest BCUT2D eigenvalue weighted by Gasteiger charge is -2.24. The Hall–Kier alpha value is -1.51. The summed E-state index contributed by atoms with van der Waals surface area (Å²) in [5.74, 6) is -0.806. The number of esters is 2. The van der Waals surface area contributed by atoms with Crippen molar-refractivity contribution in [2.75, 3.05) is 47.5 Å². The molecule has 2 atom stereocenters. The van der Waals surface area contributed by atoms with Crippen LogP contribution in [0.5, 0.6) is 0 Å². The second-order valence-electron chi connectivity index (χ2n) is 16.8. The predicted molar refractivity (Wildman–Crippen MR) is 234 cm³/mol. The predicted octanol–water partition coefficient (Wildman–Crippen LogP) is 13.1. The van der Waals surface area contributed by atoms with Crippen LogP contribution < -0.4 is 0 Å². The van der Waals surface area contributed by atoms with Crippen molar-refractivity contribution in [1.82, 2.24) is 0 Å². The maximum absolute atomic E-state index is 12.7. The third-order valence-electron chi connectivity index (χ3n) is 9.98. The first-order valence-electron chi connectivity index (χ1n) is 23.1. The van der Waals surface area contributed by atoms with Crippen LogP contribution in [0.2, 0.25) is 0 Å². The summed E-state index contributed by atoms with van der Waals surface area (Å²) in [6, 6.07) is 0. The molecule has 1 unspecified atom stereocenters. The molecule has 0 aromatic heterocycles. The number of ether oxygens (including phenoxy) is 2. The van der Waals surface area contributed by atoms with Gasteiger partial charge in [0.1, 0.15) is 19.8 Å². The molecule has 0 aliphatic carbocycles. The molecule has 0 fully saturated rings. The van der Waals surface area contributed by atoms with Gasteiger partial charge < -0.3 is 18.9 Å². The Morgan fingerprint density at radius 1 is 0.554 bits per heavy atom. The highest BCUT2D eigenvalue weighted by atomic mass is 31.2. The largest absolute Gasteiger partial charge is 0.472 e. The molecule has 0 bridgehead atoms. The molecule has 0 spiro atoms. The zero-order chi connectivity index (χ0) is 41.4. The molecule has 0 heterocycles. The van der Waals surface area contributed by atoms with Gasteiger partial charge in [-0.25, -0.2) is 4.57 Å². The third-order valence-corrected chi connectivity index (χ3v) is 11.0. The van der Waals surface area contributed by atoms with Crippen LogP contribution in [-0.4, -0.2) is 74.9 Å². The molecule has 0 aliphatic heterocycles. The highest BCUT2D eigenvalue weighted by Gasteiger charge is 2.27. The molecule has 0 amide bonds. The smallest absolute Gasteiger partial charge is 0.462 e. The Bertz CT molecular complexity index is 1010. The number of carbonyl (C=O) groups is 2. The van der Waals surface area contributed by atoms with Gasteiger partial charge >= 0.3 is 19.8 Å². The lowest BCUT2D eigenvalue weighted by molar-refractivity contribution is -0.870. The minimum Gasteiger partial charge on any atom is -0.462 e. The summed E-state index contributed by atoms with van der Waals surface area (Å²) >= 11 is 0. The molecule has 10 heteroatoms. The van der Waals surface area contributed by atoms with E-state index in [1.165, 1.54) is 116 Å². The fourth-order valence-corrected chi connectivity index (χ4v) is 7.08. The number of rotatable bonds is 42. The maximum Gasteiger partial charge on any atom is 0.472 e. The van der Waals surface area contributed by atoms with Crippen molar-refractivity contribution < 1.29 is 42.1 Å². The maximum atomic E-state index is 12.7. The van der Waals surface area contributed by atoms with E-state index in [9.17, 15) is 19.0 Å². The van der Waals surface area contributed by atoms with E-state index in [4.69, 9.17) is 18.5 Å². The summed E-state index contributed by atoms with van der Waals surface area (Å²) in [5.41, 5.74) is 0. The minimum absolute atomic E-state index is 0.0313. The number of phosphoric ester groups is 1. The van der Waals surface area contributed by atoms with E-state index in [-0.39, 0.29) is 32.0 Å².